The highest BCUT2D eigenvalue weighted by molar-refractivity contribution is 5.80. The van der Waals surface area contributed by atoms with Crippen LogP contribution in [-0.4, -0.2) is 18.0 Å². The van der Waals surface area contributed by atoms with E-state index in [0.717, 1.165) is 18.9 Å². The maximum atomic E-state index is 5.68. The molecule has 0 saturated heterocycles. The van der Waals surface area contributed by atoms with Crippen LogP contribution in [0.3, 0.4) is 0 Å². The summed E-state index contributed by atoms with van der Waals surface area (Å²) in [6.45, 7) is 7.73. The summed E-state index contributed by atoms with van der Waals surface area (Å²) in [5, 5.41) is 3.36. The van der Waals surface area contributed by atoms with E-state index in [1.54, 1.807) is 0 Å². The number of nitrogens with one attached hydrogen (secondary N) is 1. The second kappa shape index (κ2) is 2.40. The number of aliphatic imine (C=N–C) groups is 1. The Hall–Kier alpha value is -0.730. The minimum atomic E-state index is 0.174. The summed E-state index contributed by atoms with van der Waals surface area (Å²) in [7, 11) is 0. The van der Waals surface area contributed by atoms with E-state index < -0.39 is 0 Å². The van der Waals surface area contributed by atoms with Gasteiger partial charge in [0.15, 0.2) is 5.96 Å². The predicted molar refractivity (Wildman–Crippen MR) is 54.5 cm³/mol. The van der Waals surface area contributed by atoms with Crippen molar-refractivity contribution in [3.05, 3.63) is 0 Å². The molecule has 0 aromatic rings. The number of hydrogen-bond donors (Lipinski definition) is 2. The summed E-state index contributed by atoms with van der Waals surface area (Å²) in [5.41, 5.74) is 6.34. The third kappa shape index (κ3) is 1.21. The van der Waals surface area contributed by atoms with Crippen LogP contribution in [0.1, 0.15) is 33.6 Å². The zero-order chi connectivity index (χ0) is 9.69. The van der Waals surface area contributed by atoms with Gasteiger partial charge in [-0.25, -0.2) is 0 Å². The molecule has 2 aliphatic rings. The van der Waals surface area contributed by atoms with E-state index in [0.29, 0.717) is 11.4 Å². The molecule has 0 radical (unpaired) electrons. The zero-order valence-corrected chi connectivity index (χ0v) is 8.72. The van der Waals surface area contributed by atoms with Gasteiger partial charge in [-0.15, -0.1) is 0 Å². The molecule has 0 spiro atoms. The summed E-state index contributed by atoms with van der Waals surface area (Å²) in [6, 6.07) is 0. The second-order valence-electron chi connectivity index (χ2n) is 5.08. The van der Waals surface area contributed by atoms with Crippen LogP contribution >= 0.6 is 0 Å². The molecule has 0 amide bonds. The summed E-state index contributed by atoms with van der Waals surface area (Å²) < 4.78 is 0. The molecule has 1 heterocycles. The van der Waals surface area contributed by atoms with Crippen LogP contribution in [-0.2, 0) is 0 Å². The van der Waals surface area contributed by atoms with Crippen LogP contribution in [0.5, 0.6) is 0 Å². The monoisotopic (exact) mass is 181 g/mol. The normalized spacial score (nSPS) is 41.2. The lowest BCUT2D eigenvalue weighted by molar-refractivity contribution is 0.304. The van der Waals surface area contributed by atoms with Gasteiger partial charge in [0.1, 0.15) is 0 Å². The Morgan fingerprint density at radius 3 is 2.54 bits per heavy atom. The lowest BCUT2D eigenvalue weighted by Gasteiger charge is -2.29. The summed E-state index contributed by atoms with van der Waals surface area (Å²) in [6.07, 6.45) is 2.42. The number of guanidine groups is 1. The number of nitrogens with two attached hydrogens (primary N) is 1. The molecule has 0 aromatic heterocycles. The van der Waals surface area contributed by atoms with Crippen molar-refractivity contribution in [3.8, 4) is 0 Å². The molecule has 3 heteroatoms. The topological polar surface area (TPSA) is 50.4 Å². The fourth-order valence-corrected chi connectivity index (χ4v) is 2.61. The van der Waals surface area contributed by atoms with Crippen molar-refractivity contribution in [2.45, 2.75) is 39.2 Å². The van der Waals surface area contributed by atoms with Crippen molar-refractivity contribution in [2.24, 2.45) is 22.1 Å². The highest BCUT2D eigenvalue weighted by atomic mass is 15.2. The van der Waals surface area contributed by atoms with Crippen molar-refractivity contribution in [3.63, 3.8) is 0 Å². The maximum Gasteiger partial charge on any atom is 0.189 e. The standard InChI is InChI=1S/C10H19N3/c1-4-10(6-12-8(11)13-10)7-5-9(7,2)3/h7H,4-6H2,1-3H3,(H3,11,12,13). The molecule has 2 rings (SSSR count). The van der Waals surface area contributed by atoms with Crippen molar-refractivity contribution >= 4 is 5.96 Å². The number of nitrogens with zero attached hydrogens (tertiary/aromatic N) is 1. The molecule has 0 aromatic carbocycles. The van der Waals surface area contributed by atoms with Crippen molar-refractivity contribution < 1.29 is 0 Å². The molecule has 1 saturated carbocycles. The Morgan fingerprint density at radius 2 is 2.23 bits per heavy atom. The van der Waals surface area contributed by atoms with Crippen LogP contribution in [0.2, 0.25) is 0 Å². The first-order chi connectivity index (χ1) is 6.00. The van der Waals surface area contributed by atoms with Gasteiger partial charge in [-0.05, 0) is 24.2 Å². The highest BCUT2D eigenvalue weighted by Gasteiger charge is 2.58. The first-order valence-electron chi connectivity index (χ1n) is 5.08. The molecule has 0 bridgehead atoms. The van der Waals surface area contributed by atoms with Crippen LogP contribution in [0, 0.1) is 11.3 Å². The van der Waals surface area contributed by atoms with E-state index >= 15 is 0 Å². The van der Waals surface area contributed by atoms with Crippen molar-refractivity contribution in [1.82, 2.24) is 5.32 Å². The fraction of sp³-hybridized carbons (Fsp3) is 0.900. The minimum Gasteiger partial charge on any atom is -0.370 e. The SMILES string of the molecule is CCC1(C2CC2(C)C)CN=C(N)N1. The third-order valence-electron chi connectivity index (χ3n) is 3.72. The molecule has 3 N–H and O–H groups in total. The van der Waals surface area contributed by atoms with E-state index in [-0.39, 0.29) is 5.54 Å². The summed E-state index contributed by atoms with van der Waals surface area (Å²) >= 11 is 0. The van der Waals surface area contributed by atoms with E-state index in [9.17, 15) is 0 Å². The smallest absolute Gasteiger partial charge is 0.189 e. The quantitative estimate of drug-likeness (QED) is 0.670. The van der Waals surface area contributed by atoms with Crippen LogP contribution in [0.4, 0.5) is 0 Å². The molecule has 1 fully saturated rings. The van der Waals surface area contributed by atoms with E-state index in [4.69, 9.17) is 5.73 Å². The molecular weight excluding hydrogens is 162 g/mol. The molecular formula is C10H19N3. The molecule has 74 valence electrons. The lowest BCUT2D eigenvalue weighted by Crippen LogP contribution is -2.50. The second-order valence-corrected chi connectivity index (χ2v) is 5.08. The largest absolute Gasteiger partial charge is 0.370 e. The average molecular weight is 181 g/mol. The predicted octanol–water partition coefficient (Wildman–Crippen LogP) is 1.10. The number of rotatable bonds is 2. The van der Waals surface area contributed by atoms with Gasteiger partial charge in [0, 0.05) is 0 Å². The highest BCUT2D eigenvalue weighted by Crippen LogP contribution is 2.58. The molecule has 1 aliphatic heterocycles. The van der Waals surface area contributed by atoms with Crippen LogP contribution < -0.4 is 11.1 Å². The van der Waals surface area contributed by atoms with E-state index in [2.05, 4.69) is 31.1 Å². The van der Waals surface area contributed by atoms with Gasteiger partial charge in [-0.2, -0.15) is 0 Å². The van der Waals surface area contributed by atoms with Crippen molar-refractivity contribution in [2.75, 3.05) is 6.54 Å². The Balaban J connectivity index is 2.12. The average Bonchev–Trinajstić information content (AvgIpc) is 2.56. The number of hydrogen-bond acceptors (Lipinski definition) is 3. The van der Waals surface area contributed by atoms with Gasteiger partial charge in [-0.3, -0.25) is 4.99 Å². The molecule has 13 heavy (non-hydrogen) atoms. The summed E-state index contributed by atoms with van der Waals surface area (Å²) in [4.78, 5) is 4.27. The van der Waals surface area contributed by atoms with E-state index in [1.807, 2.05) is 0 Å². The Morgan fingerprint density at radius 1 is 1.62 bits per heavy atom. The molecule has 1 aliphatic carbocycles. The van der Waals surface area contributed by atoms with Gasteiger partial charge in [0.05, 0.1) is 12.1 Å². The Bertz CT molecular complexity index is 257. The fourth-order valence-electron chi connectivity index (χ4n) is 2.61. The molecule has 2 atom stereocenters. The third-order valence-corrected chi connectivity index (χ3v) is 3.72. The first kappa shape index (κ1) is 8.85. The van der Waals surface area contributed by atoms with Gasteiger partial charge < -0.3 is 11.1 Å². The zero-order valence-electron chi connectivity index (χ0n) is 8.72. The van der Waals surface area contributed by atoms with Gasteiger partial charge in [0.2, 0.25) is 0 Å². The Labute approximate surface area is 79.8 Å². The molecule has 2 unspecified atom stereocenters. The van der Waals surface area contributed by atoms with Crippen LogP contribution in [0.25, 0.3) is 0 Å². The maximum absolute atomic E-state index is 5.68. The first-order valence-corrected chi connectivity index (χ1v) is 5.08. The van der Waals surface area contributed by atoms with Crippen molar-refractivity contribution in [1.29, 1.82) is 0 Å². The van der Waals surface area contributed by atoms with Gasteiger partial charge >= 0.3 is 0 Å². The Kier molecular flexibility index (Phi) is 1.63. The van der Waals surface area contributed by atoms with E-state index in [1.165, 1.54) is 6.42 Å². The summed E-state index contributed by atoms with van der Waals surface area (Å²) in [5.74, 6) is 1.37. The molecule has 3 nitrogen and oxygen atoms in total. The van der Waals surface area contributed by atoms with Crippen LogP contribution in [0.15, 0.2) is 4.99 Å². The minimum absolute atomic E-state index is 0.174. The van der Waals surface area contributed by atoms with Gasteiger partial charge in [-0.1, -0.05) is 20.8 Å². The lowest BCUT2D eigenvalue weighted by atomic mass is 9.87. The van der Waals surface area contributed by atoms with Gasteiger partial charge in [0.25, 0.3) is 0 Å².